The second kappa shape index (κ2) is 53.1. The van der Waals surface area contributed by atoms with Gasteiger partial charge in [0.05, 0.1) is 72.7 Å². The predicted molar refractivity (Wildman–Crippen MR) is 455 cm³/mol. The van der Waals surface area contributed by atoms with E-state index in [1.807, 2.05) is 0 Å². The van der Waals surface area contributed by atoms with Crippen molar-refractivity contribution >= 4 is 47.3 Å². The molecule has 0 aromatic carbocycles. The molecule has 0 aromatic rings. The number of aliphatic hydroxyl groups is 27. The Bertz CT molecular complexity index is 4180. The molecule has 0 spiro atoms. The van der Waals surface area contributed by atoms with Crippen LogP contribution in [-0.4, -0.2) is 595 Å². The molecule has 11 heterocycles. The fraction of sp³-hybridized carbons (Fsp3) is 0.902. The highest BCUT2D eigenvalue weighted by atomic mass is 16.8. The normalized spacial score (nSPS) is 46.5. The summed E-state index contributed by atoms with van der Waals surface area (Å²) >= 11 is 0. The lowest BCUT2D eigenvalue weighted by atomic mass is 9.93. The Morgan fingerprint density at radius 1 is 0.178 bits per heavy atom. The van der Waals surface area contributed by atoms with Gasteiger partial charge in [0.2, 0.25) is 47.3 Å². The lowest BCUT2D eigenvalue weighted by Gasteiger charge is -2.53. The number of ether oxygens (including phenoxy) is 21. The van der Waals surface area contributed by atoms with Crippen LogP contribution < -0.4 is 42.5 Å². The van der Waals surface area contributed by atoms with Crippen LogP contribution in [0.2, 0.25) is 0 Å². The van der Waals surface area contributed by atoms with Crippen molar-refractivity contribution in [3.63, 3.8) is 0 Å². The zero-order valence-corrected chi connectivity index (χ0v) is 79.4. The van der Waals surface area contributed by atoms with E-state index in [0.717, 1.165) is 55.4 Å². The molecule has 8 amide bonds. The first kappa shape index (κ1) is 120. The Balaban J connectivity index is 1.13. The first-order chi connectivity index (χ1) is 69.0. The fourth-order valence-corrected chi connectivity index (χ4v) is 18.9. The molecular weight excluding hydrogens is 1990 g/mol. The molecule has 11 aliphatic heterocycles. The molecule has 0 bridgehead atoms. The van der Waals surface area contributed by atoms with Gasteiger partial charge in [0.1, 0.15) is 268 Å². The van der Waals surface area contributed by atoms with Crippen molar-refractivity contribution in [1.29, 1.82) is 0 Å². The third-order valence-corrected chi connectivity index (χ3v) is 26.2. The molecule has 0 radical (unpaired) electrons. The molecule has 0 aromatic heterocycles. The molecule has 64 heteroatoms. The number of carbonyl (C=O) groups excluding carboxylic acids is 8. The molecule has 11 saturated heterocycles. The van der Waals surface area contributed by atoms with Crippen LogP contribution in [0.5, 0.6) is 0 Å². The summed E-state index contributed by atoms with van der Waals surface area (Å²) in [5, 5.41) is 331. The van der Waals surface area contributed by atoms with Gasteiger partial charge in [-0.3, -0.25) is 38.4 Å². The minimum Gasteiger partial charge on any atom is -0.394 e. The van der Waals surface area contributed by atoms with Crippen LogP contribution >= 0.6 is 0 Å². The first-order valence-electron chi connectivity index (χ1n) is 46.6. The zero-order valence-electron chi connectivity index (χ0n) is 79.4. The highest BCUT2D eigenvalue weighted by Crippen LogP contribution is 2.43. The van der Waals surface area contributed by atoms with E-state index in [0.29, 0.717) is 0 Å². The lowest BCUT2D eigenvalue weighted by Crippen LogP contribution is -2.72. The summed E-state index contributed by atoms with van der Waals surface area (Å²) in [6.45, 7) is -6.44. The van der Waals surface area contributed by atoms with Gasteiger partial charge in [0, 0.05) is 55.4 Å². The summed E-state index contributed by atoms with van der Waals surface area (Å²) in [7, 11) is 0. The summed E-state index contributed by atoms with van der Waals surface area (Å²) in [6.07, 6.45) is -107. The molecule has 0 aliphatic carbocycles. The summed E-state index contributed by atoms with van der Waals surface area (Å²) in [6, 6.07) is -15.9. The Labute approximate surface area is 828 Å². The topological polar surface area (TPSA) is 973 Å². The van der Waals surface area contributed by atoms with E-state index >= 15 is 0 Å². The van der Waals surface area contributed by atoms with Gasteiger partial charge in [0.25, 0.3) is 0 Å². The van der Waals surface area contributed by atoms with Gasteiger partial charge in [-0.1, -0.05) is 0 Å². The lowest BCUT2D eigenvalue weighted by molar-refractivity contribution is -0.413. The number of rotatable bonds is 39. The van der Waals surface area contributed by atoms with Crippen molar-refractivity contribution in [2.45, 2.75) is 393 Å². The van der Waals surface area contributed by atoms with Gasteiger partial charge in [-0.05, 0) is 0 Å². The maximum atomic E-state index is 13.8. The van der Waals surface area contributed by atoms with Crippen LogP contribution in [-0.2, 0) is 138 Å². The molecule has 11 fully saturated rings. The third kappa shape index (κ3) is 27.6. The summed E-state index contributed by atoms with van der Waals surface area (Å²) in [4.78, 5) is 105. The standard InChI is InChI=1S/C82H136N8O56/c1-20(100)83-39-59(120)64(34(15-97)128-72(39)125)139-79-46(90-27(8)107)60(121)65(35(16-98)135-79)142-80-63(124)69(144-82-71(146-78-45(89-26(7)106)58(119)52(113)33(14-96)134-78)61(122)66(36(17-99)136-82)140-74-41(85-22(3)102)54(115)48(109)29(10-92)130-74)68(143-76-43(87-24(5)104)56(117)50(111)31(12-94)132-76)38(137-80)19-127-81-70(145-77-44(88-25(6)105)57(118)51(112)32(13-95)133-77)62(123)67(141-75-42(86-23(4)103)55(116)49(110)30(11-93)131-75)37(138-81)18-126-73-40(84-21(2)101)53(114)47(108)28(9-91)129-73/h28-82,91-99,108-125H,9-19H2,1-8H3,(H,83,100)(H,84,101)(H,85,102)(H,86,103)(H,87,104)(H,88,105)(H,89,106)(H,90,107)/t28-,29-,30-,31-,32-,33-,34-,35-,36-,37-,38-,39-,40-,41-,42-,43-,44-,45-,46-,47-,48-,49-,50-,51-,52-,53-,54-,55-,56-,57-,58-,59-,60-,61+,62+,63+,64-,65-,66-,67-,68-,69-,70+,71+,72?,73-,74+,75+,76+,77+,78+,79+,80+,81+,82-/m1/s1. The van der Waals surface area contributed by atoms with Gasteiger partial charge >= 0.3 is 0 Å². The Morgan fingerprint density at radius 2 is 0.370 bits per heavy atom. The van der Waals surface area contributed by atoms with Crippen LogP contribution in [0, 0.1) is 0 Å². The van der Waals surface area contributed by atoms with Crippen molar-refractivity contribution in [3.8, 4) is 0 Å². The highest BCUT2D eigenvalue weighted by Gasteiger charge is 2.64. The smallest absolute Gasteiger partial charge is 0.217 e. The Hall–Kier alpha value is -6.16. The molecule has 55 atom stereocenters. The molecule has 64 nitrogen and oxygen atoms in total. The summed E-state index contributed by atoms with van der Waals surface area (Å²) < 4.78 is 132. The first-order valence-corrected chi connectivity index (χ1v) is 46.6. The Kier molecular flexibility index (Phi) is 43.7. The zero-order chi connectivity index (χ0) is 108. The van der Waals surface area contributed by atoms with Gasteiger partial charge < -0.3 is 280 Å². The average Bonchev–Trinajstić information content (AvgIpc) is 0.755. The number of nitrogens with one attached hydrogen (secondary N) is 8. The van der Waals surface area contributed by atoms with Gasteiger partial charge in [-0.15, -0.1) is 0 Å². The van der Waals surface area contributed by atoms with Crippen molar-refractivity contribution < 1.29 is 276 Å². The van der Waals surface area contributed by atoms with Gasteiger partial charge in [0.15, 0.2) is 69.2 Å². The van der Waals surface area contributed by atoms with E-state index in [-0.39, 0.29) is 0 Å². The molecule has 11 aliphatic rings. The molecule has 0 saturated carbocycles. The second-order valence-corrected chi connectivity index (χ2v) is 36.8. The molecule has 1 unspecified atom stereocenters. The Morgan fingerprint density at radius 3 is 0.678 bits per heavy atom. The third-order valence-electron chi connectivity index (χ3n) is 26.2. The van der Waals surface area contributed by atoms with E-state index in [2.05, 4.69) is 42.5 Å². The summed E-state index contributed by atoms with van der Waals surface area (Å²) in [5.74, 6) is -7.92. The molecule has 840 valence electrons. The maximum absolute atomic E-state index is 13.8. The van der Waals surface area contributed by atoms with E-state index in [4.69, 9.17) is 99.5 Å². The van der Waals surface area contributed by atoms with Crippen LogP contribution in [0.15, 0.2) is 0 Å². The minimum atomic E-state index is -2.94. The molecule has 35 N–H and O–H groups in total. The minimum absolute atomic E-state index is 0.862. The molecule has 146 heavy (non-hydrogen) atoms. The average molecular weight is 2130 g/mol. The number of amides is 8. The van der Waals surface area contributed by atoms with E-state index in [9.17, 15) is 176 Å². The van der Waals surface area contributed by atoms with E-state index in [1.54, 1.807) is 0 Å². The van der Waals surface area contributed by atoms with Crippen molar-refractivity contribution in [3.05, 3.63) is 0 Å². The maximum Gasteiger partial charge on any atom is 0.217 e. The van der Waals surface area contributed by atoms with E-state index in [1.165, 1.54) is 0 Å². The van der Waals surface area contributed by atoms with Crippen molar-refractivity contribution in [1.82, 2.24) is 42.5 Å². The van der Waals surface area contributed by atoms with Crippen molar-refractivity contribution in [2.75, 3.05) is 72.7 Å². The predicted octanol–water partition coefficient (Wildman–Crippen LogP) is -23.8. The van der Waals surface area contributed by atoms with Gasteiger partial charge in [-0.25, -0.2) is 0 Å². The van der Waals surface area contributed by atoms with E-state index < -0.39 is 457 Å². The second-order valence-electron chi connectivity index (χ2n) is 36.8. The molecule has 11 rings (SSSR count). The van der Waals surface area contributed by atoms with Crippen LogP contribution in [0.1, 0.15) is 55.4 Å². The quantitative estimate of drug-likeness (QED) is 0.0272. The number of hydrogen-bond acceptors (Lipinski definition) is 56. The van der Waals surface area contributed by atoms with Crippen LogP contribution in [0.25, 0.3) is 0 Å². The van der Waals surface area contributed by atoms with Crippen molar-refractivity contribution in [2.24, 2.45) is 0 Å². The van der Waals surface area contributed by atoms with Crippen LogP contribution in [0.3, 0.4) is 0 Å². The monoisotopic (exact) mass is 2130 g/mol. The fourth-order valence-electron chi connectivity index (χ4n) is 18.9. The highest BCUT2D eigenvalue weighted by molar-refractivity contribution is 5.76. The number of carbonyl (C=O) groups is 8. The van der Waals surface area contributed by atoms with Crippen LogP contribution in [0.4, 0.5) is 0 Å². The summed E-state index contributed by atoms with van der Waals surface area (Å²) in [5.41, 5.74) is 0. The van der Waals surface area contributed by atoms with Gasteiger partial charge in [-0.2, -0.15) is 0 Å². The number of hydrogen-bond donors (Lipinski definition) is 35. The molecular formula is C82H136N8O56. The SMILES string of the molecule is CC(=O)N[C@H]1[C@H](O[C@H]2[C@H](O)[C@@H](NC(C)=O)C(O)O[C@@H]2CO)O[C@H](CO)[C@@H](O[C@@H]2O[C@H](CO[C@H]3O[C@H](CO[C@@H]4O[C@H](CO)[C@@H](O)[C@H](O)[C@H]4NC(C)=O)[C@@H](O[C@@H]4O[C@H](CO)[C@@H](O)[C@H](O)[C@H]4NC(C)=O)[C@H](O)[C@@H]3O[C@@H]3O[C@H](CO)[C@@H](O)[C@H](O)[C@H]3NC(C)=O)[C@@H](O[C@@H]3O[C@H](CO)[C@@H](O)[C@H](O)[C@H]3NC(C)=O)[C@H](O[C@H]3O[C@H](CO)[C@@H](O[C@@H]4O[C@H](CO)[C@@H](O)[C@H](O)[C@H]4NC(C)=O)[C@H](O)[C@@H]3O[C@@H]3O[C@H](CO)[C@@H](O)[C@H](O)[C@H]3NC(C)=O)[C@@H]2O)[C@@H]1O. The largest absolute Gasteiger partial charge is 0.394 e. The number of aliphatic hydroxyl groups excluding tert-OH is 27.